The highest BCUT2D eigenvalue weighted by atomic mass is 32.2. The monoisotopic (exact) mass is 208 g/mol. The predicted octanol–water partition coefficient (Wildman–Crippen LogP) is -0.405. The first kappa shape index (κ1) is 10.9. The lowest BCUT2D eigenvalue weighted by Gasteiger charge is -2.27. The van der Waals surface area contributed by atoms with Gasteiger partial charge in [-0.15, -0.1) is 0 Å². The lowest BCUT2D eigenvalue weighted by atomic mass is 9.94. The Labute approximate surface area is 78.8 Å². The van der Waals surface area contributed by atoms with Crippen molar-refractivity contribution in [2.45, 2.75) is 25.8 Å². The van der Waals surface area contributed by atoms with Crippen LogP contribution in [0.3, 0.4) is 0 Å². The topological polar surface area (TPSA) is 81.4 Å². The molecule has 0 saturated carbocycles. The SMILES string of the molecule is CC(NS(N)(=O)=O)C1CCOCC1. The Bertz CT molecular complexity index is 246. The molecular weight excluding hydrogens is 192 g/mol. The third-order valence-electron chi connectivity index (χ3n) is 2.32. The molecule has 5 nitrogen and oxygen atoms in total. The molecule has 1 fully saturated rings. The van der Waals surface area contributed by atoms with E-state index in [1.807, 2.05) is 6.92 Å². The zero-order valence-electron chi connectivity index (χ0n) is 7.69. The average molecular weight is 208 g/mol. The van der Waals surface area contributed by atoms with Crippen LogP contribution < -0.4 is 9.86 Å². The Morgan fingerprint density at radius 1 is 1.46 bits per heavy atom. The van der Waals surface area contributed by atoms with Crippen molar-refractivity contribution in [2.24, 2.45) is 11.1 Å². The smallest absolute Gasteiger partial charge is 0.274 e. The summed E-state index contributed by atoms with van der Waals surface area (Å²) >= 11 is 0. The summed E-state index contributed by atoms with van der Waals surface area (Å²) in [4.78, 5) is 0. The zero-order valence-corrected chi connectivity index (χ0v) is 8.51. The van der Waals surface area contributed by atoms with Gasteiger partial charge in [0.2, 0.25) is 0 Å². The fourth-order valence-electron chi connectivity index (χ4n) is 1.57. The van der Waals surface area contributed by atoms with Crippen molar-refractivity contribution in [3.05, 3.63) is 0 Å². The van der Waals surface area contributed by atoms with Crippen LogP contribution in [0, 0.1) is 5.92 Å². The maximum Gasteiger partial charge on any atom is 0.274 e. The van der Waals surface area contributed by atoms with Crippen LogP contribution in [0.4, 0.5) is 0 Å². The molecule has 3 N–H and O–H groups in total. The molecule has 0 aromatic heterocycles. The molecule has 1 rings (SSSR count). The standard InChI is InChI=1S/C7H16N2O3S/c1-6(9-13(8,10)11)7-2-4-12-5-3-7/h6-7,9H,2-5H2,1H3,(H2,8,10,11). The van der Waals surface area contributed by atoms with Crippen molar-refractivity contribution >= 4 is 10.2 Å². The zero-order chi connectivity index (χ0) is 9.90. The van der Waals surface area contributed by atoms with Crippen LogP contribution in [0.2, 0.25) is 0 Å². The van der Waals surface area contributed by atoms with Crippen molar-refractivity contribution in [2.75, 3.05) is 13.2 Å². The van der Waals surface area contributed by atoms with E-state index in [2.05, 4.69) is 4.72 Å². The number of nitrogens with one attached hydrogen (secondary N) is 1. The van der Waals surface area contributed by atoms with Gasteiger partial charge < -0.3 is 4.74 Å². The lowest BCUT2D eigenvalue weighted by molar-refractivity contribution is 0.0585. The van der Waals surface area contributed by atoms with Crippen molar-refractivity contribution in [1.29, 1.82) is 0 Å². The van der Waals surface area contributed by atoms with Crippen LogP contribution in [-0.2, 0) is 14.9 Å². The molecule has 0 aromatic rings. The molecule has 0 amide bonds. The van der Waals surface area contributed by atoms with Crippen molar-refractivity contribution < 1.29 is 13.2 Å². The molecule has 6 heteroatoms. The Morgan fingerprint density at radius 3 is 2.46 bits per heavy atom. The Hall–Kier alpha value is -0.170. The van der Waals surface area contributed by atoms with E-state index in [0.29, 0.717) is 19.1 Å². The molecule has 1 aliphatic heterocycles. The molecule has 1 saturated heterocycles. The van der Waals surface area contributed by atoms with Gasteiger partial charge in [-0.3, -0.25) is 0 Å². The van der Waals surface area contributed by atoms with Crippen LogP contribution in [-0.4, -0.2) is 27.7 Å². The summed E-state index contributed by atoms with van der Waals surface area (Å²) < 4.78 is 29.0. The average Bonchev–Trinajstić information content (AvgIpc) is 2.03. The minimum Gasteiger partial charge on any atom is -0.381 e. The van der Waals surface area contributed by atoms with E-state index in [1.54, 1.807) is 0 Å². The van der Waals surface area contributed by atoms with Crippen LogP contribution >= 0.6 is 0 Å². The second-order valence-electron chi connectivity index (χ2n) is 3.40. The summed E-state index contributed by atoms with van der Waals surface area (Å²) in [6.07, 6.45) is 1.79. The minimum atomic E-state index is -3.56. The fraction of sp³-hybridized carbons (Fsp3) is 1.00. The Kier molecular flexibility index (Phi) is 3.66. The molecule has 0 bridgehead atoms. The normalized spacial score (nSPS) is 22.9. The van der Waals surface area contributed by atoms with Gasteiger partial charge in [-0.25, -0.2) is 5.14 Å². The molecule has 13 heavy (non-hydrogen) atoms. The van der Waals surface area contributed by atoms with Crippen molar-refractivity contribution in [1.82, 2.24) is 4.72 Å². The molecule has 0 spiro atoms. The maximum atomic E-state index is 10.7. The highest BCUT2D eigenvalue weighted by Gasteiger charge is 2.22. The Balaban J connectivity index is 2.42. The summed E-state index contributed by atoms with van der Waals surface area (Å²) in [6, 6.07) is -0.0982. The summed E-state index contributed by atoms with van der Waals surface area (Å²) in [6.45, 7) is 3.25. The van der Waals surface area contributed by atoms with Gasteiger partial charge in [0.15, 0.2) is 0 Å². The minimum absolute atomic E-state index is 0.0982. The second-order valence-corrected chi connectivity index (χ2v) is 4.73. The number of ether oxygens (including phenoxy) is 1. The first-order valence-corrected chi connectivity index (χ1v) is 5.91. The quantitative estimate of drug-likeness (QED) is 0.662. The third-order valence-corrected chi connectivity index (χ3v) is 3.02. The molecule has 1 heterocycles. The number of hydrogen-bond donors (Lipinski definition) is 2. The maximum absolute atomic E-state index is 10.7. The van der Waals surface area contributed by atoms with Gasteiger partial charge in [0.25, 0.3) is 10.2 Å². The summed E-state index contributed by atoms with van der Waals surface area (Å²) in [5.74, 6) is 0.340. The molecule has 1 unspecified atom stereocenters. The number of hydrogen-bond acceptors (Lipinski definition) is 3. The fourth-order valence-corrected chi connectivity index (χ4v) is 2.28. The van der Waals surface area contributed by atoms with E-state index in [9.17, 15) is 8.42 Å². The number of nitrogens with two attached hydrogens (primary N) is 1. The molecular formula is C7H16N2O3S. The van der Waals surface area contributed by atoms with Gasteiger partial charge >= 0.3 is 0 Å². The van der Waals surface area contributed by atoms with E-state index in [1.165, 1.54) is 0 Å². The summed E-state index contributed by atoms with van der Waals surface area (Å²) in [5, 5.41) is 4.87. The summed E-state index contributed by atoms with van der Waals surface area (Å²) in [7, 11) is -3.56. The van der Waals surface area contributed by atoms with Crippen LogP contribution in [0.1, 0.15) is 19.8 Å². The van der Waals surface area contributed by atoms with Gasteiger partial charge in [-0.1, -0.05) is 0 Å². The van der Waals surface area contributed by atoms with Gasteiger partial charge in [-0.05, 0) is 25.7 Å². The first-order chi connectivity index (χ1) is 5.99. The molecule has 1 atom stereocenters. The second kappa shape index (κ2) is 4.36. The highest BCUT2D eigenvalue weighted by molar-refractivity contribution is 7.87. The molecule has 78 valence electrons. The lowest BCUT2D eigenvalue weighted by Crippen LogP contribution is -2.43. The Morgan fingerprint density at radius 2 is 2.00 bits per heavy atom. The van der Waals surface area contributed by atoms with Crippen LogP contribution in [0.5, 0.6) is 0 Å². The van der Waals surface area contributed by atoms with E-state index in [4.69, 9.17) is 9.88 Å². The predicted molar refractivity (Wildman–Crippen MR) is 49.2 cm³/mol. The van der Waals surface area contributed by atoms with E-state index < -0.39 is 10.2 Å². The van der Waals surface area contributed by atoms with Gasteiger partial charge in [0, 0.05) is 19.3 Å². The van der Waals surface area contributed by atoms with Crippen LogP contribution in [0.15, 0.2) is 0 Å². The molecule has 0 aromatic carbocycles. The highest BCUT2D eigenvalue weighted by Crippen LogP contribution is 2.18. The molecule has 1 aliphatic rings. The third kappa shape index (κ3) is 4.04. The van der Waals surface area contributed by atoms with Gasteiger partial charge in [-0.2, -0.15) is 13.1 Å². The van der Waals surface area contributed by atoms with Crippen molar-refractivity contribution in [3.8, 4) is 0 Å². The van der Waals surface area contributed by atoms with E-state index >= 15 is 0 Å². The number of rotatable bonds is 3. The van der Waals surface area contributed by atoms with E-state index in [-0.39, 0.29) is 6.04 Å². The van der Waals surface area contributed by atoms with Gasteiger partial charge in [0.05, 0.1) is 0 Å². The summed E-state index contributed by atoms with van der Waals surface area (Å²) in [5.41, 5.74) is 0. The molecule has 0 aliphatic carbocycles. The van der Waals surface area contributed by atoms with Gasteiger partial charge in [0.1, 0.15) is 0 Å². The first-order valence-electron chi connectivity index (χ1n) is 4.37. The van der Waals surface area contributed by atoms with Crippen molar-refractivity contribution in [3.63, 3.8) is 0 Å². The van der Waals surface area contributed by atoms with Crippen LogP contribution in [0.25, 0.3) is 0 Å². The largest absolute Gasteiger partial charge is 0.381 e. The van der Waals surface area contributed by atoms with E-state index in [0.717, 1.165) is 12.8 Å². The molecule has 0 radical (unpaired) electrons.